The van der Waals surface area contributed by atoms with Crippen molar-refractivity contribution in [2.45, 2.75) is 51.4 Å². The zero-order valence-corrected chi connectivity index (χ0v) is 25.4. The van der Waals surface area contributed by atoms with E-state index in [4.69, 9.17) is 18.4 Å². The lowest BCUT2D eigenvalue weighted by Crippen LogP contribution is -2.42. The Bertz CT molecular complexity index is 1480. The Morgan fingerprint density at radius 1 is 1.00 bits per heavy atom. The predicted molar refractivity (Wildman–Crippen MR) is 162 cm³/mol. The molecule has 2 fully saturated rings. The van der Waals surface area contributed by atoms with Gasteiger partial charge in [0, 0.05) is 51.6 Å². The minimum Gasteiger partial charge on any atom is -0.490 e. The maximum Gasteiger partial charge on any atom is 0.335 e. The summed E-state index contributed by atoms with van der Waals surface area (Å²) in [5.41, 5.74) is 3.52. The molecule has 2 aromatic carbocycles. The number of nitrogens with zero attached hydrogens (tertiary/aromatic N) is 4. The molecule has 0 unspecified atom stereocenters. The zero-order chi connectivity index (χ0) is 31.5. The number of amides is 1. The van der Waals surface area contributed by atoms with Gasteiger partial charge in [-0.3, -0.25) is 19.5 Å². The Balaban J connectivity index is 0.00000141. The summed E-state index contributed by atoms with van der Waals surface area (Å²) in [6, 6.07) is 20.6. The van der Waals surface area contributed by atoms with E-state index in [0.717, 1.165) is 24.2 Å². The smallest absolute Gasteiger partial charge is 0.335 e. The average molecular weight is 619 g/mol. The van der Waals surface area contributed by atoms with Crippen molar-refractivity contribution in [1.82, 2.24) is 14.8 Å². The zero-order valence-electron chi connectivity index (χ0n) is 24.6. The fourth-order valence-electron chi connectivity index (χ4n) is 5.53. The molecule has 230 valence electrons. The maximum absolute atomic E-state index is 15.0. The highest BCUT2D eigenvalue weighted by Gasteiger charge is 2.31. The second kappa shape index (κ2) is 16.0. The minimum absolute atomic E-state index is 0.0713. The van der Waals surface area contributed by atoms with Crippen LogP contribution in [0.1, 0.15) is 63.2 Å². The molecule has 2 saturated heterocycles. The van der Waals surface area contributed by atoms with Crippen molar-refractivity contribution in [3.63, 3.8) is 0 Å². The summed E-state index contributed by atoms with van der Waals surface area (Å²) in [7, 11) is 0. The molecule has 2 aliphatic heterocycles. The van der Waals surface area contributed by atoms with Gasteiger partial charge in [0.2, 0.25) is 0 Å². The lowest BCUT2D eigenvalue weighted by molar-refractivity contribution is 0.0594. The normalized spacial score (nSPS) is 18.8. The molecule has 2 atom stereocenters. The van der Waals surface area contributed by atoms with Gasteiger partial charge in [0.25, 0.3) is 5.91 Å². The minimum atomic E-state index is -1.11. The number of pyridine rings is 1. The van der Waals surface area contributed by atoms with E-state index < -0.39 is 17.7 Å². The first-order valence-electron chi connectivity index (χ1n) is 14.6. The van der Waals surface area contributed by atoms with E-state index in [1.807, 2.05) is 48.2 Å². The fraction of sp³-hybridized carbons (Fsp3) is 0.394. The lowest BCUT2D eigenvalue weighted by Gasteiger charge is -2.34. The Labute approximate surface area is 260 Å². The number of ketones is 1. The van der Waals surface area contributed by atoms with Gasteiger partial charge in [-0.05, 0) is 67.8 Å². The second-order valence-electron chi connectivity index (χ2n) is 11.2. The Hall–Kier alpha value is -4.27. The van der Waals surface area contributed by atoms with Crippen LogP contribution in [0.2, 0.25) is 0 Å². The Morgan fingerprint density at radius 3 is 2.27 bits per heavy atom. The van der Waals surface area contributed by atoms with Crippen LogP contribution < -0.4 is 4.74 Å². The molecule has 1 amide bonds. The summed E-state index contributed by atoms with van der Waals surface area (Å²) in [5.74, 6) is 0.179. The van der Waals surface area contributed by atoms with E-state index in [1.165, 1.54) is 11.8 Å². The maximum atomic E-state index is 15.0. The number of nitriles is 1. The van der Waals surface area contributed by atoms with Crippen LogP contribution in [0, 0.1) is 24.2 Å². The third-order valence-electron chi connectivity index (χ3n) is 8.05. The highest BCUT2D eigenvalue weighted by Crippen LogP contribution is 2.27. The van der Waals surface area contributed by atoms with E-state index >= 15 is 4.39 Å². The summed E-state index contributed by atoms with van der Waals surface area (Å²) in [5, 5.41) is 8.95. The first-order valence-corrected chi connectivity index (χ1v) is 15.3. The Kier molecular flexibility index (Phi) is 11.9. The number of halogens is 1. The van der Waals surface area contributed by atoms with Gasteiger partial charge in [0.05, 0.1) is 17.2 Å². The van der Waals surface area contributed by atoms with Gasteiger partial charge in [-0.25, -0.2) is 4.39 Å². The van der Waals surface area contributed by atoms with Crippen molar-refractivity contribution >= 4 is 23.3 Å². The van der Waals surface area contributed by atoms with Crippen LogP contribution in [0.5, 0.6) is 5.75 Å². The molecule has 0 bridgehead atoms. The van der Waals surface area contributed by atoms with E-state index in [-0.39, 0.29) is 42.4 Å². The van der Waals surface area contributed by atoms with Crippen LogP contribution in [-0.2, 0) is 18.1 Å². The van der Waals surface area contributed by atoms with Gasteiger partial charge >= 0.3 is 11.6 Å². The molecule has 0 saturated carbocycles. The van der Waals surface area contributed by atoms with E-state index in [1.54, 1.807) is 29.2 Å². The number of ether oxygens (including phenoxy) is 1. The molecular weight excluding hydrogens is 583 g/mol. The molecule has 1 aromatic heterocycles. The predicted octanol–water partition coefficient (Wildman–Crippen LogP) is 4.71. The molecule has 0 spiro atoms. The number of aromatic nitrogens is 1. The third-order valence-corrected chi connectivity index (χ3v) is 8.05. The first-order chi connectivity index (χ1) is 21.3. The molecule has 2 aliphatic rings. The van der Waals surface area contributed by atoms with Gasteiger partial charge in [0.1, 0.15) is 23.7 Å². The topological polar surface area (TPSA) is 121 Å². The number of piperidine rings is 2. The molecular formula is C33H35FN4O5S. The Morgan fingerprint density at radius 2 is 1.68 bits per heavy atom. The fourth-order valence-corrected chi connectivity index (χ4v) is 5.53. The summed E-state index contributed by atoms with van der Waals surface area (Å²) in [6.07, 6.45) is 2.61. The number of carbonyl (C=O) groups excluding carboxylic acids is 2. The molecule has 0 N–H and O–H groups in total. The molecule has 3 aromatic rings. The standard InChI is InChI=1S/C33H35FN4O3.O2S/c1-23-2-9-28(10-3-23)41-29-13-16-38(17-14-29)33(40)27-8-11-31(36-20-27)32(39)18-26-12-15-37(22-30(26)34)21-25-6-4-24(19-35)5-7-25;1-3-2/h2-11,20,26,29-30H,12-18,21-22H2,1H3;/t26-,30+;/m0./s1. The van der Waals surface area contributed by atoms with Gasteiger partial charge in [-0.15, -0.1) is 0 Å². The summed E-state index contributed by atoms with van der Waals surface area (Å²) < 4.78 is 37.7. The number of carbonyl (C=O) groups is 2. The number of hydrogen-bond donors (Lipinski definition) is 0. The van der Waals surface area contributed by atoms with Gasteiger partial charge < -0.3 is 9.64 Å². The average Bonchev–Trinajstić information content (AvgIpc) is 3.04. The van der Waals surface area contributed by atoms with Crippen molar-refractivity contribution in [3.8, 4) is 11.8 Å². The highest BCUT2D eigenvalue weighted by molar-refractivity contribution is 7.51. The molecule has 9 nitrogen and oxygen atoms in total. The number of hydrogen-bond acceptors (Lipinski definition) is 8. The number of benzene rings is 2. The molecule has 3 heterocycles. The van der Waals surface area contributed by atoms with Crippen LogP contribution in [0.25, 0.3) is 0 Å². The number of rotatable bonds is 8. The molecule has 5 rings (SSSR count). The van der Waals surface area contributed by atoms with E-state index in [0.29, 0.717) is 43.7 Å². The lowest BCUT2D eigenvalue weighted by atomic mass is 9.89. The van der Waals surface area contributed by atoms with Crippen molar-refractivity contribution < 1.29 is 27.1 Å². The van der Waals surface area contributed by atoms with Crippen molar-refractivity contribution in [2.75, 3.05) is 26.2 Å². The van der Waals surface area contributed by atoms with Crippen LogP contribution in [0.4, 0.5) is 4.39 Å². The van der Waals surface area contributed by atoms with E-state index in [9.17, 15) is 9.59 Å². The van der Waals surface area contributed by atoms with E-state index in [2.05, 4.69) is 11.1 Å². The quantitative estimate of drug-likeness (QED) is 0.333. The SMILES string of the molecule is Cc1ccc(OC2CCN(C(=O)c3ccc(C(=O)C[C@@H]4CCN(Cc5ccc(C#N)cc5)C[C@H]4F)nc3)CC2)cc1.O=S=O. The van der Waals surface area contributed by atoms with Gasteiger partial charge in [0.15, 0.2) is 5.78 Å². The van der Waals surface area contributed by atoms with Crippen molar-refractivity contribution in [3.05, 3.63) is 94.8 Å². The summed E-state index contributed by atoms with van der Waals surface area (Å²) in [4.78, 5) is 34.0. The van der Waals surface area contributed by atoms with Crippen molar-refractivity contribution in [1.29, 1.82) is 5.26 Å². The van der Waals surface area contributed by atoms with Gasteiger partial charge in [-0.2, -0.15) is 13.7 Å². The number of aryl methyl sites for hydroxylation is 1. The van der Waals surface area contributed by atoms with Crippen molar-refractivity contribution in [2.24, 2.45) is 5.92 Å². The monoisotopic (exact) mass is 618 g/mol. The molecule has 44 heavy (non-hydrogen) atoms. The second-order valence-corrected chi connectivity index (χ2v) is 11.3. The summed E-state index contributed by atoms with van der Waals surface area (Å²) >= 11 is -0.750. The van der Waals surface area contributed by atoms with Crippen LogP contribution in [0.3, 0.4) is 0 Å². The third kappa shape index (κ3) is 9.11. The number of alkyl halides is 1. The molecule has 11 heteroatoms. The molecule has 0 radical (unpaired) electrons. The van der Waals surface area contributed by atoms with Crippen LogP contribution in [0.15, 0.2) is 66.9 Å². The number of Topliss-reactive ketones (excluding diaryl/α,β-unsaturated/α-hetero) is 1. The molecule has 0 aliphatic carbocycles. The largest absolute Gasteiger partial charge is 0.490 e. The van der Waals surface area contributed by atoms with Crippen LogP contribution in [-0.4, -0.2) is 73.3 Å². The summed E-state index contributed by atoms with van der Waals surface area (Å²) in [6.45, 7) is 4.81. The van der Waals surface area contributed by atoms with Gasteiger partial charge in [-0.1, -0.05) is 29.8 Å². The number of likely N-dealkylation sites (tertiary alicyclic amines) is 2. The van der Waals surface area contributed by atoms with Crippen LogP contribution >= 0.6 is 0 Å². The first kappa shape index (κ1) is 32.6. The highest BCUT2D eigenvalue weighted by atomic mass is 32.1.